The zero-order valence-electron chi connectivity index (χ0n) is 49.3. The summed E-state index contributed by atoms with van der Waals surface area (Å²) in [6.45, 7) is 38.2. The fourth-order valence-electron chi connectivity index (χ4n) is 14.7. The van der Waals surface area contributed by atoms with Crippen molar-refractivity contribution >= 4 is 96.2 Å². The smallest absolute Gasteiger partial charge is 0.252 e. The van der Waals surface area contributed by atoms with Crippen molar-refractivity contribution in [2.45, 2.75) is 163 Å². The van der Waals surface area contributed by atoms with Crippen LogP contribution < -0.4 is 31.1 Å². The predicted molar refractivity (Wildman–Crippen MR) is 335 cm³/mol. The lowest BCUT2D eigenvalue weighted by Gasteiger charge is -2.46. The molecule has 0 bridgehead atoms. The van der Waals surface area contributed by atoms with Gasteiger partial charge in [0, 0.05) is 62.0 Å². The molecule has 0 N–H and O–H groups in total. The Bertz CT molecular complexity index is 3890. The number of furan rings is 1. The Labute approximate surface area is 465 Å². The summed E-state index contributed by atoms with van der Waals surface area (Å²) in [5.74, 6) is 0. The van der Waals surface area contributed by atoms with Crippen LogP contribution in [-0.2, 0) is 32.5 Å². The average molecular weight is 1020 g/mol. The van der Waals surface area contributed by atoms with Gasteiger partial charge in [0.15, 0.2) is 0 Å². The zero-order chi connectivity index (χ0) is 55.0. The Kier molecular flexibility index (Phi) is 10.9. The minimum absolute atomic E-state index is 0.00810. The lowest BCUT2D eigenvalue weighted by atomic mass is 9.33. The molecule has 5 heteroatoms. The fraction of sp³-hybridized carbons (Fsp3) is 0.342. The maximum atomic E-state index is 6.54. The molecular formula is C73H78BN3O. The minimum atomic E-state index is -0.0376. The normalized spacial score (nSPS) is 17.4. The Balaban J connectivity index is 1.11. The molecule has 0 saturated carbocycles. The highest BCUT2D eigenvalue weighted by Gasteiger charge is 2.49. The Morgan fingerprint density at radius 3 is 1.58 bits per heavy atom. The molecule has 2 aliphatic heterocycles. The van der Waals surface area contributed by atoms with E-state index in [9.17, 15) is 0 Å². The number of fused-ring (bicyclic) bond motifs is 9. The van der Waals surface area contributed by atoms with Gasteiger partial charge >= 0.3 is 0 Å². The molecule has 8 aromatic carbocycles. The third-order valence-corrected chi connectivity index (χ3v) is 18.9. The van der Waals surface area contributed by atoms with E-state index in [0.717, 1.165) is 57.5 Å². The molecule has 0 amide bonds. The first-order chi connectivity index (χ1) is 36.7. The summed E-state index contributed by atoms with van der Waals surface area (Å²) in [5, 5.41) is 2.24. The van der Waals surface area contributed by atoms with Gasteiger partial charge in [0.1, 0.15) is 11.2 Å². The fourth-order valence-corrected chi connectivity index (χ4v) is 14.7. The SMILES string of the molecule is Cc1cc2c3c(c1)N(c1cc4c(cc1C)C(C)(C)CCC4(C)C)c1cc4c(cc1B3c1ccc(N(c3ccc(C(C)(C)C)cc3)c3ccc(C(C)(C)C)cc3)cc1N2c1ccc2oc3ccccc3c2c1)C(C)(C)CC4(C)C. The Morgan fingerprint density at radius 1 is 0.449 bits per heavy atom. The molecule has 0 fully saturated rings. The van der Waals surface area contributed by atoms with Crippen molar-refractivity contribution < 1.29 is 4.42 Å². The summed E-state index contributed by atoms with van der Waals surface area (Å²) in [4.78, 5) is 7.78. The van der Waals surface area contributed by atoms with Crippen LogP contribution in [-0.4, -0.2) is 6.71 Å². The third kappa shape index (κ3) is 7.75. The van der Waals surface area contributed by atoms with E-state index in [-0.39, 0.29) is 39.2 Å². The molecule has 1 aromatic heterocycles. The van der Waals surface area contributed by atoms with Crippen molar-refractivity contribution in [1.29, 1.82) is 0 Å². The van der Waals surface area contributed by atoms with Crippen LogP contribution in [0.1, 0.15) is 161 Å². The largest absolute Gasteiger partial charge is 0.456 e. The van der Waals surface area contributed by atoms with E-state index in [4.69, 9.17) is 4.42 Å². The monoisotopic (exact) mass is 1020 g/mol. The summed E-state index contributed by atoms with van der Waals surface area (Å²) in [6, 6.07) is 56.7. The standard InChI is InChI=1S/C73H78BN3O/c1-44-35-63-67-64(36-44)77(60-41-56-54(37-45(60)2)70(9,10)33-34-71(56,11)12)62-42-57-55(72(13,14)43-73(57,15)16)40-59(62)74(67)58-31-29-51(39-61(58)76(63)50-30-32-66-53(38-50)52-19-17-18-20-65(52)78-66)75(48-25-21-46(22-26-48)68(3,4)5)49-27-23-47(24-28-49)69(6,7)8/h17-32,35-42H,33-34,43H2,1-16H3. The second-order valence-electron chi connectivity index (χ2n) is 28.6. The van der Waals surface area contributed by atoms with Crippen molar-refractivity contribution in [3.63, 3.8) is 0 Å². The van der Waals surface area contributed by atoms with Crippen LogP contribution >= 0.6 is 0 Å². The molecule has 13 rings (SSSR count). The van der Waals surface area contributed by atoms with E-state index >= 15 is 0 Å². The van der Waals surface area contributed by atoms with E-state index in [2.05, 4.69) is 271 Å². The molecule has 3 heterocycles. The quantitative estimate of drug-likeness (QED) is 0.160. The van der Waals surface area contributed by atoms with Crippen LogP contribution in [0.2, 0.25) is 0 Å². The summed E-state index contributed by atoms with van der Waals surface area (Å²) in [5.41, 5.74) is 27.9. The molecule has 0 unspecified atom stereocenters. The lowest BCUT2D eigenvalue weighted by molar-refractivity contribution is 0.332. The van der Waals surface area contributed by atoms with Crippen LogP contribution in [0.3, 0.4) is 0 Å². The highest BCUT2D eigenvalue weighted by Crippen LogP contribution is 2.55. The molecular weight excluding hydrogens is 946 g/mol. The van der Waals surface area contributed by atoms with Crippen LogP contribution in [0.25, 0.3) is 21.9 Å². The predicted octanol–water partition coefficient (Wildman–Crippen LogP) is 18.7. The highest BCUT2D eigenvalue weighted by atomic mass is 16.3. The second kappa shape index (κ2) is 16.8. The maximum Gasteiger partial charge on any atom is 0.252 e. The number of hydrogen-bond acceptors (Lipinski definition) is 4. The van der Waals surface area contributed by atoms with E-state index in [1.54, 1.807) is 0 Å². The van der Waals surface area contributed by atoms with Gasteiger partial charge in [-0.15, -0.1) is 0 Å². The number of nitrogens with zero attached hydrogens (tertiary/aromatic N) is 3. The number of rotatable bonds is 5. The molecule has 4 nitrogen and oxygen atoms in total. The van der Waals surface area contributed by atoms with Crippen molar-refractivity contribution in [3.8, 4) is 0 Å². The van der Waals surface area contributed by atoms with Gasteiger partial charge in [0.25, 0.3) is 6.71 Å². The number of para-hydroxylation sites is 1. The second-order valence-corrected chi connectivity index (χ2v) is 28.6. The van der Waals surface area contributed by atoms with E-state index in [0.29, 0.717) is 0 Å². The third-order valence-electron chi connectivity index (χ3n) is 18.9. The first-order valence-electron chi connectivity index (χ1n) is 28.9. The van der Waals surface area contributed by atoms with Crippen molar-refractivity contribution in [2.24, 2.45) is 0 Å². The van der Waals surface area contributed by atoms with Crippen LogP contribution in [0, 0.1) is 13.8 Å². The number of aryl methyl sites for hydroxylation is 2. The summed E-state index contributed by atoms with van der Waals surface area (Å²) < 4.78 is 6.54. The van der Waals surface area contributed by atoms with Crippen LogP contribution in [0.15, 0.2) is 150 Å². The number of anilines is 9. The van der Waals surface area contributed by atoms with Crippen molar-refractivity contribution in [1.82, 2.24) is 0 Å². The minimum Gasteiger partial charge on any atom is -0.456 e. The Hall–Kier alpha value is -6.98. The van der Waals surface area contributed by atoms with Gasteiger partial charge in [-0.3, -0.25) is 0 Å². The zero-order valence-corrected chi connectivity index (χ0v) is 49.3. The van der Waals surface area contributed by atoms with Crippen LogP contribution in [0.5, 0.6) is 0 Å². The average Bonchev–Trinajstić information content (AvgIpc) is 4.01. The van der Waals surface area contributed by atoms with Gasteiger partial charge < -0.3 is 19.1 Å². The van der Waals surface area contributed by atoms with E-state index in [1.807, 2.05) is 0 Å². The van der Waals surface area contributed by atoms with Gasteiger partial charge in [0.2, 0.25) is 0 Å². The van der Waals surface area contributed by atoms with E-state index < -0.39 is 0 Å². The molecule has 0 atom stereocenters. The molecule has 0 saturated heterocycles. The molecule has 394 valence electrons. The first-order valence-corrected chi connectivity index (χ1v) is 28.9. The molecule has 0 spiro atoms. The van der Waals surface area contributed by atoms with Crippen molar-refractivity contribution in [3.05, 3.63) is 190 Å². The van der Waals surface area contributed by atoms with Crippen molar-refractivity contribution in [2.75, 3.05) is 14.7 Å². The molecule has 9 aromatic rings. The number of hydrogen-bond donors (Lipinski definition) is 0. The molecule has 78 heavy (non-hydrogen) atoms. The summed E-state index contributed by atoms with van der Waals surface area (Å²) in [7, 11) is 0. The molecule has 2 aliphatic carbocycles. The summed E-state index contributed by atoms with van der Waals surface area (Å²) in [6.07, 6.45) is 3.45. The molecule has 4 aliphatic rings. The van der Waals surface area contributed by atoms with Gasteiger partial charge in [-0.05, 0) is 211 Å². The summed E-state index contributed by atoms with van der Waals surface area (Å²) >= 11 is 0. The van der Waals surface area contributed by atoms with Crippen LogP contribution in [0.4, 0.5) is 51.2 Å². The van der Waals surface area contributed by atoms with E-state index in [1.165, 1.54) is 95.8 Å². The highest BCUT2D eigenvalue weighted by molar-refractivity contribution is 7.00. The number of benzene rings is 8. The first kappa shape index (κ1) is 50.5. The van der Waals surface area contributed by atoms with Gasteiger partial charge in [-0.1, -0.05) is 158 Å². The Morgan fingerprint density at radius 2 is 0.962 bits per heavy atom. The molecule has 0 radical (unpaired) electrons. The van der Waals surface area contributed by atoms with Gasteiger partial charge in [0.05, 0.1) is 0 Å². The van der Waals surface area contributed by atoms with Gasteiger partial charge in [-0.25, -0.2) is 0 Å². The van der Waals surface area contributed by atoms with Gasteiger partial charge in [-0.2, -0.15) is 0 Å². The maximum absolute atomic E-state index is 6.54. The topological polar surface area (TPSA) is 22.9 Å². The lowest BCUT2D eigenvalue weighted by Crippen LogP contribution is -2.61.